The van der Waals surface area contributed by atoms with Crippen molar-refractivity contribution in [2.45, 2.75) is 6.18 Å². The van der Waals surface area contributed by atoms with Gasteiger partial charge in [0, 0.05) is 24.5 Å². The summed E-state index contributed by atoms with van der Waals surface area (Å²) in [6, 6.07) is 6.20. The number of nitrogens with zero attached hydrogens (tertiary/aromatic N) is 2. The van der Waals surface area contributed by atoms with Gasteiger partial charge in [0.05, 0.1) is 0 Å². The number of halogens is 3. The lowest BCUT2D eigenvalue weighted by atomic mass is 10.1. The Morgan fingerprint density at radius 2 is 1.76 bits per heavy atom. The molecule has 0 amide bonds. The molecule has 3 nitrogen and oxygen atoms in total. The van der Waals surface area contributed by atoms with Gasteiger partial charge >= 0.3 is 6.18 Å². The standard InChI is InChI=1S/C11H10F3N3/c1-17-6-9(10(16-17)11(12,13)14)7-2-4-8(15)5-3-7/h2-6H,15H2,1H3. The number of anilines is 1. The number of hydrogen-bond acceptors (Lipinski definition) is 2. The summed E-state index contributed by atoms with van der Waals surface area (Å²) in [5.74, 6) is 0. The Morgan fingerprint density at radius 1 is 1.18 bits per heavy atom. The van der Waals surface area contributed by atoms with E-state index in [1.807, 2.05) is 0 Å². The number of alkyl halides is 3. The van der Waals surface area contributed by atoms with Crippen molar-refractivity contribution < 1.29 is 13.2 Å². The molecule has 0 fully saturated rings. The first-order valence-electron chi connectivity index (χ1n) is 4.84. The summed E-state index contributed by atoms with van der Waals surface area (Å²) in [4.78, 5) is 0. The van der Waals surface area contributed by atoms with Crippen LogP contribution in [-0.4, -0.2) is 9.78 Å². The maximum Gasteiger partial charge on any atom is 0.435 e. The van der Waals surface area contributed by atoms with Gasteiger partial charge < -0.3 is 5.73 Å². The minimum Gasteiger partial charge on any atom is -0.399 e. The summed E-state index contributed by atoms with van der Waals surface area (Å²) < 4.78 is 39.3. The number of benzene rings is 1. The van der Waals surface area contributed by atoms with E-state index in [1.54, 1.807) is 24.3 Å². The van der Waals surface area contributed by atoms with E-state index < -0.39 is 11.9 Å². The van der Waals surface area contributed by atoms with Crippen molar-refractivity contribution in [3.63, 3.8) is 0 Å². The predicted octanol–water partition coefficient (Wildman–Crippen LogP) is 2.69. The van der Waals surface area contributed by atoms with Gasteiger partial charge in [-0.25, -0.2) is 0 Å². The Balaban J connectivity index is 2.55. The Morgan fingerprint density at radius 3 is 2.29 bits per heavy atom. The first-order valence-corrected chi connectivity index (χ1v) is 4.84. The molecule has 0 bridgehead atoms. The summed E-state index contributed by atoms with van der Waals surface area (Å²) in [6.07, 6.45) is -3.12. The first-order chi connectivity index (χ1) is 7.88. The van der Waals surface area contributed by atoms with Gasteiger partial charge in [-0.05, 0) is 17.7 Å². The fraction of sp³-hybridized carbons (Fsp3) is 0.182. The molecule has 2 aromatic rings. The van der Waals surface area contributed by atoms with Crippen LogP contribution in [0.5, 0.6) is 0 Å². The quantitative estimate of drug-likeness (QED) is 0.780. The highest BCUT2D eigenvalue weighted by Crippen LogP contribution is 2.35. The third kappa shape index (κ3) is 2.25. The molecule has 1 aromatic carbocycles. The number of aryl methyl sites for hydroxylation is 1. The minimum atomic E-state index is -4.46. The average molecular weight is 241 g/mol. The third-order valence-corrected chi connectivity index (χ3v) is 2.32. The van der Waals surface area contributed by atoms with Crippen LogP contribution in [0.15, 0.2) is 30.5 Å². The molecule has 0 unspecified atom stereocenters. The molecule has 0 atom stereocenters. The molecule has 1 aromatic heterocycles. The maximum absolute atomic E-state index is 12.7. The monoisotopic (exact) mass is 241 g/mol. The first kappa shape index (κ1) is 11.5. The lowest BCUT2D eigenvalue weighted by Crippen LogP contribution is -2.08. The summed E-state index contributed by atoms with van der Waals surface area (Å²) in [5.41, 5.74) is 5.61. The summed E-state index contributed by atoms with van der Waals surface area (Å²) in [6.45, 7) is 0. The molecule has 0 saturated heterocycles. The Kier molecular flexibility index (Phi) is 2.57. The van der Waals surface area contributed by atoms with Crippen molar-refractivity contribution in [3.8, 4) is 11.1 Å². The molecule has 0 aliphatic rings. The van der Waals surface area contributed by atoms with Crippen LogP contribution in [0.1, 0.15) is 5.69 Å². The second kappa shape index (κ2) is 3.80. The molecule has 90 valence electrons. The highest BCUT2D eigenvalue weighted by molar-refractivity contribution is 5.67. The molecule has 6 heteroatoms. The molecule has 0 spiro atoms. The minimum absolute atomic E-state index is 0.0556. The summed E-state index contributed by atoms with van der Waals surface area (Å²) >= 11 is 0. The van der Waals surface area contributed by atoms with E-state index in [-0.39, 0.29) is 5.56 Å². The molecule has 0 radical (unpaired) electrons. The van der Waals surface area contributed by atoms with Crippen LogP contribution >= 0.6 is 0 Å². The molecule has 2 rings (SSSR count). The zero-order chi connectivity index (χ0) is 12.6. The van der Waals surface area contributed by atoms with Gasteiger partial charge in [-0.15, -0.1) is 0 Å². The normalized spacial score (nSPS) is 11.8. The smallest absolute Gasteiger partial charge is 0.399 e. The maximum atomic E-state index is 12.7. The fourth-order valence-corrected chi connectivity index (χ4v) is 1.57. The van der Waals surface area contributed by atoms with Crippen molar-refractivity contribution >= 4 is 5.69 Å². The van der Waals surface area contributed by atoms with Crippen LogP contribution in [0.3, 0.4) is 0 Å². The Bertz CT molecular complexity index is 526. The van der Waals surface area contributed by atoms with E-state index in [9.17, 15) is 13.2 Å². The largest absolute Gasteiger partial charge is 0.435 e. The van der Waals surface area contributed by atoms with E-state index >= 15 is 0 Å². The van der Waals surface area contributed by atoms with Gasteiger partial charge in [-0.1, -0.05) is 12.1 Å². The molecule has 0 aliphatic heterocycles. The summed E-state index contributed by atoms with van der Waals surface area (Å²) in [7, 11) is 1.45. The molecule has 2 N–H and O–H groups in total. The van der Waals surface area contributed by atoms with Gasteiger partial charge in [0.15, 0.2) is 5.69 Å². The van der Waals surface area contributed by atoms with E-state index in [4.69, 9.17) is 5.73 Å². The van der Waals surface area contributed by atoms with E-state index in [0.717, 1.165) is 4.68 Å². The van der Waals surface area contributed by atoms with Crippen molar-refractivity contribution in [2.75, 3.05) is 5.73 Å². The SMILES string of the molecule is Cn1cc(-c2ccc(N)cc2)c(C(F)(F)F)n1. The number of rotatable bonds is 1. The number of hydrogen-bond donors (Lipinski definition) is 1. The van der Waals surface area contributed by atoms with E-state index in [2.05, 4.69) is 5.10 Å². The Hall–Kier alpha value is -1.98. The number of aromatic nitrogens is 2. The van der Waals surface area contributed by atoms with Crippen LogP contribution in [0.25, 0.3) is 11.1 Å². The molecule has 0 aliphatic carbocycles. The van der Waals surface area contributed by atoms with Crippen molar-refractivity contribution in [2.24, 2.45) is 7.05 Å². The molecule has 0 saturated carbocycles. The number of nitrogen functional groups attached to an aromatic ring is 1. The van der Waals surface area contributed by atoms with E-state index in [1.165, 1.54) is 13.2 Å². The van der Waals surface area contributed by atoms with Gasteiger partial charge in [0.2, 0.25) is 0 Å². The Labute approximate surface area is 95.7 Å². The third-order valence-electron chi connectivity index (χ3n) is 2.32. The van der Waals surface area contributed by atoms with Gasteiger partial charge in [-0.2, -0.15) is 18.3 Å². The van der Waals surface area contributed by atoms with Gasteiger partial charge in [-0.3, -0.25) is 4.68 Å². The lowest BCUT2D eigenvalue weighted by molar-refractivity contribution is -0.140. The topological polar surface area (TPSA) is 43.8 Å². The van der Waals surface area contributed by atoms with E-state index in [0.29, 0.717) is 11.3 Å². The average Bonchev–Trinajstić information content (AvgIpc) is 2.61. The van der Waals surface area contributed by atoms with Crippen molar-refractivity contribution in [1.29, 1.82) is 0 Å². The van der Waals surface area contributed by atoms with Crippen molar-refractivity contribution in [3.05, 3.63) is 36.2 Å². The zero-order valence-corrected chi connectivity index (χ0v) is 8.99. The highest BCUT2D eigenvalue weighted by atomic mass is 19.4. The predicted molar refractivity (Wildman–Crippen MR) is 58.1 cm³/mol. The number of nitrogens with two attached hydrogens (primary N) is 1. The highest BCUT2D eigenvalue weighted by Gasteiger charge is 2.37. The van der Waals surface area contributed by atoms with Crippen molar-refractivity contribution in [1.82, 2.24) is 9.78 Å². The molecule has 1 heterocycles. The van der Waals surface area contributed by atoms with Crippen LogP contribution in [0, 0.1) is 0 Å². The second-order valence-corrected chi connectivity index (χ2v) is 3.68. The fourth-order valence-electron chi connectivity index (χ4n) is 1.57. The van der Waals surface area contributed by atoms with Gasteiger partial charge in [0.1, 0.15) is 0 Å². The van der Waals surface area contributed by atoms with Gasteiger partial charge in [0.25, 0.3) is 0 Å². The van der Waals surface area contributed by atoms with Crippen LogP contribution < -0.4 is 5.73 Å². The molecule has 17 heavy (non-hydrogen) atoms. The molecular weight excluding hydrogens is 231 g/mol. The zero-order valence-electron chi connectivity index (χ0n) is 8.99. The van der Waals surface area contributed by atoms with Crippen LogP contribution in [-0.2, 0) is 13.2 Å². The second-order valence-electron chi connectivity index (χ2n) is 3.68. The lowest BCUT2D eigenvalue weighted by Gasteiger charge is -2.06. The van der Waals surface area contributed by atoms with Crippen LogP contribution in [0.4, 0.5) is 18.9 Å². The van der Waals surface area contributed by atoms with Crippen LogP contribution in [0.2, 0.25) is 0 Å². The molecular formula is C11H10F3N3. The summed E-state index contributed by atoms with van der Waals surface area (Å²) in [5, 5.41) is 3.44.